The van der Waals surface area contributed by atoms with Gasteiger partial charge in [0.25, 0.3) is 0 Å². The van der Waals surface area contributed by atoms with Crippen LogP contribution in [0.2, 0.25) is 0 Å². The van der Waals surface area contributed by atoms with Gasteiger partial charge in [-0.05, 0) is 30.5 Å². The lowest BCUT2D eigenvalue weighted by Gasteiger charge is -2.11. The number of phenols is 2. The van der Waals surface area contributed by atoms with Crippen molar-refractivity contribution in [2.75, 3.05) is 6.61 Å². The molecule has 0 radical (unpaired) electrons. The second kappa shape index (κ2) is 6.50. The van der Waals surface area contributed by atoms with E-state index in [0.717, 1.165) is 5.56 Å². The molecule has 0 unspecified atom stereocenters. The molecule has 1 rings (SSSR count). The number of rotatable bonds is 4. The maximum Gasteiger partial charge on any atom is 0.157 e. The third-order valence-corrected chi connectivity index (χ3v) is 2.10. The maximum atomic E-state index is 9.22. The summed E-state index contributed by atoms with van der Waals surface area (Å²) in [4.78, 5) is 0. The molecule has 15 heavy (non-hydrogen) atoms. The molecule has 0 aromatic heterocycles. The second-order valence-corrected chi connectivity index (χ2v) is 3.22. The van der Waals surface area contributed by atoms with Crippen LogP contribution in [-0.2, 0) is 0 Å². The van der Waals surface area contributed by atoms with Gasteiger partial charge in [-0.1, -0.05) is 6.07 Å². The van der Waals surface area contributed by atoms with Gasteiger partial charge in [0.15, 0.2) is 11.5 Å². The molecule has 0 aliphatic carbocycles. The van der Waals surface area contributed by atoms with Crippen molar-refractivity contribution in [3.8, 4) is 11.5 Å². The van der Waals surface area contributed by atoms with Gasteiger partial charge in [-0.15, -0.1) is 12.4 Å². The van der Waals surface area contributed by atoms with Crippen molar-refractivity contribution in [2.45, 2.75) is 18.9 Å². The summed E-state index contributed by atoms with van der Waals surface area (Å²) in [7, 11) is 0. The number of aliphatic hydroxyl groups is 1. The topological polar surface area (TPSA) is 86.7 Å². The maximum absolute atomic E-state index is 9.22. The second-order valence-electron chi connectivity index (χ2n) is 3.22. The van der Waals surface area contributed by atoms with Crippen LogP contribution >= 0.6 is 12.4 Å². The van der Waals surface area contributed by atoms with E-state index in [2.05, 4.69) is 0 Å². The van der Waals surface area contributed by atoms with Crippen molar-refractivity contribution >= 4 is 12.4 Å². The Morgan fingerprint density at radius 2 is 1.87 bits per heavy atom. The van der Waals surface area contributed by atoms with E-state index >= 15 is 0 Å². The molecule has 0 aliphatic heterocycles. The molecule has 0 amide bonds. The van der Waals surface area contributed by atoms with E-state index in [4.69, 9.17) is 15.9 Å². The van der Waals surface area contributed by atoms with Gasteiger partial charge in [-0.25, -0.2) is 0 Å². The van der Waals surface area contributed by atoms with E-state index in [9.17, 15) is 5.11 Å². The van der Waals surface area contributed by atoms with Crippen molar-refractivity contribution in [3.05, 3.63) is 23.8 Å². The fourth-order valence-corrected chi connectivity index (χ4v) is 1.25. The molecule has 1 atom stereocenters. The smallest absolute Gasteiger partial charge is 0.157 e. The lowest BCUT2D eigenvalue weighted by atomic mass is 10.0. The van der Waals surface area contributed by atoms with E-state index in [0.29, 0.717) is 12.8 Å². The summed E-state index contributed by atoms with van der Waals surface area (Å²) in [5.41, 5.74) is 6.55. The Labute approximate surface area is 94.8 Å². The van der Waals surface area contributed by atoms with Crippen LogP contribution in [-0.4, -0.2) is 21.9 Å². The first-order valence-electron chi connectivity index (χ1n) is 4.53. The molecule has 5 N–H and O–H groups in total. The van der Waals surface area contributed by atoms with E-state index < -0.39 is 0 Å². The number of nitrogens with two attached hydrogens (primary N) is 1. The minimum atomic E-state index is -0.214. The van der Waals surface area contributed by atoms with Gasteiger partial charge in [0.2, 0.25) is 0 Å². The summed E-state index contributed by atoms with van der Waals surface area (Å²) in [5.74, 6) is -0.315. The lowest BCUT2D eigenvalue weighted by molar-refractivity contribution is 0.280. The van der Waals surface area contributed by atoms with Crippen molar-refractivity contribution in [1.29, 1.82) is 0 Å². The standard InChI is InChI=1S/C10H15NO3.ClH/c11-8(2-1-5-12)7-3-4-9(13)10(14)6-7;/h3-4,6,8,12-14H,1-2,5,11H2;1H/t8-;/m1./s1. The Morgan fingerprint density at radius 3 is 2.40 bits per heavy atom. The molecule has 0 saturated carbocycles. The first kappa shape index (κ1) is 14.0. The van der Waals surface area contributed by atoms with E-state index in [1.807, 2.05) is 0 Å². The third kappa shape index (κ3) is 3.95. The van der Waals surface area contributed by atoms with Crippen molar-refractivity contribution in [1.82, 2.24) is 0 Å². The van der Waals surface area contributed by atoms with Gasteiger partial charge in [0.05, 0.1) is 0 Å². The molecular weight excluding hydrogens is 218 g/mol. The summed E-state index contributed by atoms with van der Waals surface area (Å²) in [5, 5.41) is 26.9. The largest absolute Gasteiger partial charge is 0.504 e. The highest BCUT2D eigenvalue weighted by molar-refractivity contribution is 5.85. The number of hydrogen-bond donors (Lipinski definition) is 4. The highest BCUT2D eigenvalue weighted by Crippen LogP contribution is 2.28. The van der Waals surface area contributed by atoms with E-state index in [1.54, 1.807) is 6.07 Å². The van der Waals surface area contributed by atoms with Gasteiger partial charge < -0.3 is 21.1 Å². The van der Waals surface area contributed by atoms with Crippen LogP contribution in [0.1, 0.15) is 24.4 Å². The van der Waals surface area contributed by atoms with E-state index in [1.165, 1.54) is 12.1 Å². The molecular formula is C10H16ClNO3. The van der Waals surface area contributed by atoms with Crippen molar-refractivity contribution in [3.63, 3.8) is 0 Å². The summed E-state index contributed by atoms with van der Waals surface area (Å²) >= 11 is 0. The van der Waals surface area contributed by atoms with Gasteiger partial charge in [0, 0.05) is 12.6 Å². The minimum Gasteiger partial charge on any atom is -0.504 e. The quantitative estimate of drug-likeness (QED) is 0.591. The Kier molecular flexibility index (Phi) is 6.08. The predicted molar refractivity (Wildman–Crippen MR) is 60.3 cm³/mol. The first-order chi connectivity index (χ1) is 6.65. The Morgan fingerprint density at radius 1 is 1.20 bits per heavy atom. The van der Waals surface area contributed by atoms with Gasteiger partial charge in [-0.3, -0.25) is 0 Å². The zero-order valence-electron chi connectivity index (χ0n) is 8.26. The monoisotopic (exact) mass is 233 g/mol. The zero-order valence-corrected chi connectivity index (χ0v) is 9.07. The van der Waals surface area contributed by atoms with Gasteiger partial charge in [-0.2, -0.15) is 0 Å². The van der Waals surface area contributed by atoms with Crippen molar-refractivity contribution in [2.24, 2.45) is 5.73 Å². The van der Waals surface area contributed by atoms with Crippen LogP contribution in [0.15, 0.2) is 18.2 Å². The molecule has 5 heteroatoms. The molecule has 0 saturated heterocycles. The zero-order chi connectivity index (χ0) is 10.6. The number of halogens is 1. The molecule has 86 valence electrons. The Bertz CT molecular complexity index is 307. The van der Waals surface area contributed by atoms with Gasteiger partial charge in [0.1, 0.15) is 0 Å². The van der Waals surface area contributed by atoms with Crippen LogP contribution in [0.5, 0.6) is 11.5 Å². The van der Waals surface area contributed by atoms with Crippen LogP contribution in [0.25, 0.3) is 0 Å². The molecule has 4 nitrogen and oxygen atoms in total. The van der Waals surface area contributed by atoms with Gasteiger partial charge >= 0.3 is 0 Å². The fraction of sp³-hybridized carbons (Fsp3) is 0.400. The average Bonchev–Trinajstić information content (AvgIpc) is 2.18. The number of phenolic OH excluding ortho intramolecular Hbond substituents is 2. The molecule has 0 aliphatic rings. The normalized spacial score (nSPS) is 11.9. The summed E-state index contributed by atoms with van der Waals surface area (Å²) in [6, 6.07) is 4.30. The average molecular weight is 234 g/mol. The SMILES string of the molecule is Cl.N[C@H](CCCO)c1ccc(O)c(O)c1. The van der Waals surface area contributed by atoms with Crippen LogP contribution < -0.4 is 5.73 Å². The van der Waals surface area contributed by atoms with Crippen LogP contribution in [0, 0.1) is 0 Å². The number of benzene rings is 1. The number of aromatic hydroxyl groups is 2. The van der Waals surface area contributed by atoms with Crippen LogP contribution in [0.3, 0.4) is 0 Å². The minimum absolute atomic E-state index is 0. The summed E-state index contributed by atoms with van der Waals surface area (Å²) in [6.45, 7) is 0.109. The Balaban J connectivity index is 0.00000196. The number of aliphatic hydroxyl groups excluding tert-OH is 1. The molecule has 0 heterocycles. The highest BCUT2D eigenvalue weighted by atomic mass is 35.5. The first-order valence-corrected chi connectivity index (χ1v) is 4.53. The Hall–Kier alpha value is -0.970. The molecule has 1 aromatic rings. The van der Waals surface area contributed by atoms with Crippen LogP contribution in [0.4, 0.5) is 0 Å². The van der Waals surface area contributed by atoms with Crippen molar-refractivity contribution < 1.29 is 15.3 Å². The highest BCUT2D eigenvalue weighted by Gasteiger charge is 2.07. The summed E-state index contributed by atoms with van der Waals surface area (Å²) in [6.07, 6.45) is 1.28. The number of hydrogen-bond acceptors (Lipinski definition) is 4. The fourth-order valence-electron chi connectivity index (χ4n) is 1.25. The summed E-state index contributed by atoms with van der Waals surface area (Å²) < 4.78 is 0. The van der Waals surface area contributed by atoms with E-state index in [-0.39, 0.29) is 36.6 Å². The molecule has 0 fully saturated rings. The molecule has 0 bridgehead atoms. The predicted octanol–water partition coefficient (Wildman–Crippen LogP) is 1.29. The third-order valence-electron chi connectivity index (χ3n) is 2.10. The lowest BCUT2D eigenvalue weighted by Crippen LogP contribution is -2.10. The molecule has 0 spiro atoms. The molecule has 1 aromatic carbocycles.